The molecule has 3 heteroatoms. The Hall–Kier alpha value is -1.09. The standard InChI is InChI=1S/C11H12BrNO/c1-8(7-9(2)14)13-11-6-4-3-5-10(11)12/h3-7,13H,1-2H3/b8-7-. The van der Waals surface area contributed by atoms with Gasteiger partial charge in [-0.15, -0.1) is 0 Å². The highest BCUT2D eigenvalue weighted by Gasteiger charge is 1.98. The SMILES string of the molecule is CC(=O)/C=C(/C)Nc1ccccc1Br. The molecule has 1 aromatic carbocycles. The second-order valence-corrected chi connectivity index (χ2v) is 3.90. The average Bonchev–Trinajstić information content (AvgIpc) is 2.07. The molecule has 0 radical (unpaired) electrons. The molecule has 0 unspecified atom stereocenters. The fourth-order valence-corrected chi connectivity index (χ4v) is 1.50. The van der Waals surface area contributed by atoms with Gasteiger partial charge >= 0.3 is 0 Å². The van der Waals surface area contributed by atoms with Gasteiger partial charge in [-0.05, 0) is 48.0 Å². The first kappa shape index (κ1) is 11.0. The van der Waals surface area contributed by atoms with Crippen molar-refractivity contribution in [1.29, 1.82) is 0 Å². The summed E-state index contributed by atoms with van der Waals surface area (Å²) >= 11 is 3.42. The molecule has 0 aliphatic carbocycles. The molecule has 1 rings (SSSR count). The van der Waals surface area contributed by atoms with Crippen molar-refractivity contribution in [1.82, 2.24) is 0 Å². The molecule has 0 spiro atoms. The number of para-hydroxylation sites is 1. The number of carbonyl (C=O) groups is 1. The second kappa shape index (κ2) is 4.96. The minimum absolute atomic E-state index is 0.0436. The molecule has 0 fully saturated rings. The molecule has 0 aliphatic heterocycles. The van der Waals surface area contributed by atoms with Crippen LogP contribution in [-0.4, -0.2) is 5.78 Å². The summed E-state index contributed by atoms with van der Waals surface area (Å²) in [6.07, 6.45) is 1.57. The van der Waals surface area contributed by atoms with E-state index in [1.807, 2.05) is 31.2 Å². The van der Waals surface area contributed by atoms with Gasteiger partial charge in [-0.1, -0.05) is 12.1 Å². The molecule has 0 bridgehead atoms. The van der Waals surface area contributed by atoms with Crippen molar-refractivity contribution < 1.29 is 4.79 Å². The summed E-state index contributed by atoms with van der Waals surface area (Å²) in [5, 5.41) is 3.13. The maximum Gasteiger partial charge on any atom is 0.154 e. The van der Waals surface area contributed by atoms with Gasteiger partial charge in [0, 0.05) is 10.2 Å². The van der Waals surface area contributed by atoms with Gasteiger partial charge in [0.15, 0.2) is 5.78 Å². The van der Waals surface area contributed by atoms with Gasteiger partial charge in [0.1, 0.15) is 0 Å². The fourth-order valence-electron chi connectivity index (χ4n) is 1.12. The molecule has 0 amide bonds. The van der Waals surface area contributed by atoms with Gasteiger partial charge in [0.2, 0.25) is 0 Å². The van der Waals surface area contributed by atoms with Crippen LogP contribution in [0.2, 0.25) is 0 Å². The number of hydrogen-bond donors (Lipinski definition) is 1. The largest absolute Gasteiger partial charge is 0.358 e. The van der Waals surface area contributed by atoms with Crippen molar-refractivity contribution in [2.45, 2.75) is 13.8 Å². The Morgan fingerprint density at radius 2 is 2.00 bits per heavy atom. The van der Waals surface area contributed by atoms with E-state index in [-0.39, 0.29) is 5.78 Å². The van der Waals surface area contributed by atoms with Gasteiger partial charge in [0.05, 0.1) is 5.69 Å². The zero-order valence-electron chi connectivity index (χ0n) is 8.17. The van der Waals surface area contributed by atoms with Crippen LogP contribution in [0.15, 0.2) is 40.5 Å². The van der Waals surface area contributed by atoms with Crippen LogP contribution in [-0.2, 0) is 4.79 Å². The highest BCUT2D eigenvalue weighted by Crippen LogP contribution is 2.22. The van der Waals surface area contributed by atoms with E-state index < -0.39 is 0 Å². The van der Waals surface area contributed by atoms with Gasteiger partial charge in [0.25, 0.3) is 0 Å². The third kappa shape index (κ3) is 3.34. The predicted molar refractivity (Wildman–Crippen MR) is 62.2 cm³/mol. The van der Waals surface area contributed by atoms with Crippen LogP contribution in [0, 0.1) is 0 Å². The number of ketones is 1. The van der Waals surface area contributed by atoms with E-state index in [4.69, 9.17) is 0 Å². The highest BCUT2D eigenvalue weighted by molar-refractivity contribution is 9.10. The van der Waals surface area contributed by atoms with Crippen LogP contribution >= 0.6 is 15.9 Å². The summed E-state index contributed by atoms with van der Waals surface area (Å²) in [6.45, 7) is 3.39. The zero-order chi connectivity index (χ0) is 10.6. The topological polar surface area (TPSA) is 29.1 Å². The van der Waals surface area contributed by atoms with E-state index in [9.17, 15) is 4.79 Å². The molecule has 0 aromatic heterocycles. The van der Waals surface area contributed by atoms with Gasteiger partial charge in [-0.25, -0.2) is 0 Å². The lowest BCUT2D eigenvalue weighted by Crippen LogP contribution is -1.98. The van der Waals surface area contributed by atoms with E-state index in [1.54, 1.807) is 6.08 Å². The lowest BCUT2D eigenvalue weighted by molar-refractivity contribution is -0.112. The fraction of sp³-hybridized carbons (Fsp3) is 0.182. The number of nitrogens with one attached hydrogen (secondary N) is 1. The number of carbonyl (C=O) groups excluding carboxylic acids is 1. The van der Waals surface area contributed by atoms with Crippen LogP contribution in [0.1, 0.15) is 13.8 Å². The maximum absolute atomic E-state index is 10.8. The Balaban J connectivity index is 2.79. The normalized spacial score (nSPS) is 11.2. The number of hydrogen-bond acceptors (Lipinski definition) is 2. The Morgan fingerprint density at radius 1 is 1.36 bits per heavy atom. The Kier molecular flexibility index (Phi) is 3.89. The summed E-state index contributed by atoms with van der Waals surface area (Å²) in [5.41, 5.74) is 1.80. The van der Waals surface area contributed by atoms with Crippen LogP contribution in [0.5, 0.6) is 0 Å². The summed E-state index contributed by atoms with van der Waals surface area (Å²) < 4.78 is 0.983. The molecule has 74 valence electrons. The van der Waals surface area contributed by atoms with Crippen molar-refractivity contribution in [2.75, 3.05) is 5.32 Å². The Morgan fingerprint density at radius 3 is 2.57 bits per heavy atom. The number of rotatable bonds is 3. The van der Waals surface area contributed by atoms with Gasteiger partial charge in [-0.3, -0.25) is 4.79 Å². The van der Waals surface area contributed by atoms with Crippen molar-refractivity contribution in [2.24, 2.45) is 0 Å². The van der Waals surface area contributed by atoms with Crippen molar-refractivity contribution >= 4 is 27.4 Å². The van der Waals surface area contributed by atoms with Crippen molar-refractivity contribution in [3.05, 3.63) is 40.5 Å². The Bertz CT molecular complexity index is 371. The summed E-state index contributed by atoms with van der Waals surface area (Å²) in [7, 11) is 0. The number of benzene rings is 1. The van der Waals surface area contributed by atoms with Crippen LogP contribution in [0.4, 0.5) is 5.69 Å². The molecule has 0 atom stereocenters. The smallest absolute Gasteiger partial charge is 0.154 e. The first-order chi connectivity index (χ1) is 6.59. The number of allylic oxidation sites excluding steroid dienone is 2. The molecule has 1 N–H and O–H groups in total. The molecule has 0 saturated carbocycles. The predicted octanol–water partition coefficient (Wildman–Crippen LogP) is 3.35. The first-order valence-corrected chi connectivity index (χ1v) is 5.09. The van der Waals surface area contributed by atoms with Gasteiger partial charge < -0.3 is 5.32 Å². The van der Waals surface area contributed by atoms with Gasteiger partial charge in [-0.2, -0.15) is 0 Å². The second-order valence-electron chi connectivity index (χ2n) is 3.04. The molecule has 0 saturated heterocycles. The summed E-state index contributed by atoms with van der Waals surface area (Å²) in [6, 6.07) is 7.78. The van der Waals surface area contributed by atoms with Crippen molar-refractivity contribution in [3.8, 4) is 0 Å². The quantitative estimate of drug-likeness (QED) is 0.838. The van der Waals surface area contributed by atoms with E-state index in [2.05, 4.69) is 21.2 Å². The highest BCUT2D eigenvalue weighted by atomic mass is 79.9. The number of halogens is 1. The number of anilines is 1. The lowest BCUT2D eigenvalue weighted by atomic mass is 10.3. The minimum Gasteiger partial charge on any atom is -0.358 e. The van der Waals surface area contributed by atoms with Crippen LogP contribution in [0.25, 0.3) is 0 Å². The van der Waals surface area contributed by atoms with Crippen LogP contribution in [0.3, 0.4) is 0 Å². The summed E-state index contributed by atoms with van der Waals surface area (Å²) in [4.78, 5) is 10.8. The van der Waals surface area contributed by atoms with E-state index >= 15 is 0 Å². The van der Waals surface area contributed by atoms with E-state index in [1.165, 1.54) is 6.92 Å². The molecular formula is C11H12BrNO. The molecule has 2 nitrogen and oxygen atoms in total. The molecular weight excluding hydrogens is 242 g/mol. The molecule has 1 aromatic rings. The van der Waals surface area contributed by atoms with E-state index in [0.29, 0.717) is 0 Å². The molecule has 0 aliphatic rings. The minimum atomic E-state index is 0.0436. The summed E-state index contributed by atoms with van der Waals surface area (Å²) in [5.74, 6) is 0.0436. The third-order valence-electron chi connectivity index (χ3n) is 1.63. The average molecular weight is 254 g/mol. The third-order valence-corrected chi connectivity index (χ3v) is 2.32. The molecule has 0 heterocycles. The lowest BCUT2D eigenvalue weighted by Gasteiger charge is -2.07. The zero-order valence-corrected chi connectivity index (χ0v) is 9.76. The van der Waals surface area contributed by atoms with Crippen LogP contribution < -0.4 is 5.32 Å². The monoisotopic (exact) mass is 253 g/mol. The van der Waals surface area contributed by atoms with Crippen molar-refractivity contribution in [3.63, 3.8) is 0 Å². The first-order valence-electron chi connectivity index (χ1n) is 4.30. The maximum atomic E-state index is 10.8. The Labute approximate surface area is 92.1 Å². The molecule has 14 heavy (non-hydrogen) atoms. The van der Waals surface area contributed by atoms with E-state index in [0.717, 1.165) is 15.9 Å².